The number of piperazine rings is 1. The van der Waals surface area contributed by atoms with E-state index in [-0.39, 0.29) is 0 Å². The largest absolute Gasteiger partial charge is 0.497 e. The molecule has 1 aromatic carbocycles. The summed E-state index contributed by atoms with van der Waals surface area (Å²) in [6, 6.07) is 8.87. The summed E-state index contributed by atoms with van der Waals surface area (Å²) in [6.45, 7) is 4.19. The first-order valence-corrected chi connectivity index (χ1v) is 8.09. The van der Waals surface area contributed by atoms with Gasteiger partial charge in [-0.25, -0.2) is 4.98 Å². The van der Waals surface area contributed by atoms with Crippen LogP contribution in [0, 0.1) is 0 Å². The van der Waals surface area contributed by atoms with Crippen LogP contribution in [0.1, 0.15) is 16.6 Å². The van der Waals surface area contributed by atoms with Gasteiger partial charge in [0.1, 0.15) is 10.8 Å². The lowest BCUT2D eigenvalue weighted by Gasteiger charge is -2.39. The molecule has 1 atom stereocenters. The first-order valence-electron chi connectivity index (χ1n) is 7.21. The van der Waals surface area contributed by atoms with Crippen molar-refractivity contribution in [3.63, 3.8) is 0 Å². The van der Waals surface area contributed by atoms with Crippen molar-refractivity contribution in [3.05, 3.63) is 46.4 Å². The van der Waals surface area contributed by atoms with E-state index in [1.165, 1.54) is 10.6 Å². The predicted molar refractivity (Wildman–Crippen MR) is 85.8 cm³/mol. The molecule has 1 aromatic heterocycles. The summed E-state index contributed by atoms with van der Waals surface area (Å²) < 4.78 is 5.24. The number of aromatic nitrogens is 1. The Morgan fingerprint density at radius 2 is 2.10 bits per heavy atom. The van der Waals surface area contributed by atoms with Gasteiger partial charge in [-0.1, -0.05) is 12.1 Å². The van der Waals surface area contributed by atoms with E-state index in [1.807, 2.05) is 23.7 Å². The van der Waals surface area contributed by atoms with E-state index in [1.54, 1.807) is 18.4 Å². The second-order valence-electron chi connectivity index (χ2n) is 5.43. The Bertz CT molecular complexity index is 555. The monoisotopic (exact) mass is 303 g/mol. The molecule has 0 saturated carbocycles. The number of likely N-dealkylation sites (N-methyl/N-ethyl adjacent to an activating group) is 1. The van der Waals surface area contributed by atoms with Gasteiger partial charge >= 0.3 is 0 Å². The van der Waals surface area contributed by atoms with E-state index in [0.29, 0.717) is 6.04 Å². The fourth-order valence-corrected chi connectivity index (χ4v) is 3.44. The van der Waals surface area contributed by atoms with Gasteiger partial charge in [0.25, 0.3) is 0 Å². The van der Waals surface area contributed by atoms with Crippen molar-refractivity contribution >= 4 is 11.3 Å². The van der Waals surface area contributed by atoms with Gasteiger partial charge in [0.15, 0.2) is 0 Å². The summed E-state index contributed by atoms with van der Waals surface area (Å²) in [7, 11) is 3.91. The number of hydrogen-bond donors (Lipinski definition) is 0. The quantitative estimate of drug-likeness (QED) is 0.868. The highest BCUT2D eigenvalue weighted by atomic mass is 32.1. The molecule has 1 saturated heterocycles. The van der Waals surface area contributed by atoms with Gasteiger partial charge in [-0.15, -0.1) is 11.3 Å². The zero-order valence-electron chi connectivity index (χ0n) is 12.5. The highest BCUT2D eigenvalue weighted by Gasteiger charge is 2.26. The number of ether oxygens (including phenoxy) is 1. The predicted octanol–water partition coefficient (Wildman–Crippen LogP) is 2.64. The maximum atomic E-state index is 5.24. The Morgan fingerprint density at radius 3 is 2.76 bits per heavy atom. The maximum Gasteiger partial charge on any atom is 0.118 e. The minimum atomic E-state index is 0.435. The lowest BCUT2D eigenvalue weighted by molar-refractivity contribution is 0.0904. The number of benzene rings is 1. The van der Waals surface area contributed by atoms with Crippen LogP contribution in [0.3, 0.4) is 0 Å². The fourth-order valence-electron chi connectivity index (χ4n) is 2.78. The molecule has 1 fully saturated rings. The van der Waals surface area contributed by atoms with Crippen LogP contribution < -0.4 is 4.74 Å². The minimum absolute atomic E-state index is 0.435. The summed E-state index contributed by atoms with van der Waals surface area (Å²) in [5.74, 6) is 0.914. The van der Waals surface area contributed by atoms with Crippen LogP contribution in [0.5, 0.6) is 5.75 Å². The molecule has 1 aliphatic rings. The molecule has 21 heavy (non-hydrogen) atoms. The van der Waals surface area contributed by atoms with E-state index in [4.69, 9.17) is 4.74 Å². The highest BCUT2D eigenvalue weighted by Crippen LogP contribution is 2.26. The van der Waals surface area contributed by atoms with Gasteiger partial charge in [0.2, 0.25) is 0 Å². The number of rotatable bonds is 4. The van der Waals surface area contributed by atoms with Gasteiger partial charge in [-0.2, -0.15) is 0 Å². The minimum Gasteiger partial charge on any atom is -0.497 e. The van der Waals surface area contributed by atoms with Crippen molar-refractivity contribution in [2.45, 2.75) is 12.6 Å². The zero-order valence-corrected chi connectivity index (χ0v) is 13.3. The first-order chi connectivity index (χ1) is 10.3. The van der Waals surface area contributed by atoms with Gasteiger partial charge in [-0.3, -0.25) is 9.80 Å². The smallest absolute Gasteiger partial charge is 0.118 e. The Labute approximate surface area is 130 Å². The SMILES string of the molecule is COc1ccc([C@@H]2CN(Cc3nccs3)CCN2C)cc1. The molecule has 0 amide bonds. The Kier molecular flexibility index (Phi) is 4.53. The lowest BCUT2D eigenvalue weighted by atomic mass is 10.0. The van der Waals surface area contributed by atoms with E-state index in [2.05, 4.69) is 34.0 Å². The molecule has 0 aliphatic carbocycles. The van der Waals surface area contributed by atoms with Gasteiger partial charge in [0.05, 0.1) is 13.7 Å². The third-order valence-corrected chi connectivity index (χ3v) is 4.84. The molecule has 3 rings (SSSR count). The third-order valence-electron chi connectivity index (χ3n) is 4.08. The Hall–Kier alpha value is -1.43. The highest BCUT2D eigenvalue weighted by molar-refractivity contribution is 7.09. The van der Waals surface area contributed by atoms with Crippen molar-refractivity contribution in [2.75, 3.05) is 33.8 Å². The number of methoxy groups -OCH3 is 1. The van der Waals surface area contributed by atoms with E-state index < -0.39 is 0 Å². The summed E-state index contributed by atoms with van der Waals surface area (Å²) in [6.07, 6.45) is 1.89. The van der Waals surface area contributed by atoms with Crippen molar-refractivity contribution < 1.29 is 4.74 Å². The standard InChI is InChI=1S/C16H21N3OS/c1-18-8-9-19(12-16-17-7-10-21-16)11-15(18)13-3-5-14(20-2)6-4-13/h3-7,10,15H,8-9,11-12H2,1-2H3/t15-/m0/s1. The summed E-state index contributed by atoms with van der Waals surface area (Å²) in [5, 5.41) is 3.25. The number of nitrogens with zero attached hydrogens (tertiary/aromatic N) is 3. The second kappa shape index (κ2) is 6.56. The van der Waals surface area contributed by atoms with Crippen LogP contribution in [0.25, 0.3) is 0 Å². The molecule has 4 nitrogen and oxygen atoms in total. The lowest BCUT2D eigenvalue weighted by Crippen LogP contribution is -2.46. The molecule has 5 heteroatoms. The Morgan fingerprint density at radius 1 is 1.29 bits per heavy atom. The topological polar surface area (TPSA) is 28.6 Å². The molecule has 0 unspecified atom stereocenters. The van der Waals surface area contributed by atoms with Crippen LogP contribution in [-0.4, -0.2) is 48.6 Å². The average Bonchev–Trinajstić information content (AvgIpc) is 3.02. The summed E-state index contributed by atoms with van der Waals surface area (Å²) in [4.78, 5) is 9.32. The maximum absolute atomic E-state index is 5.24. The van der Waals surface area contributed by atoms with E-state index in [9.17, 15) is 0 Å². The van der Waals surface area contributed by atoms with Gasteiger partial charge in [0, 0.05) is 37.3 Å². The first kappa shape index (κ1) is 14.5. The van der Waals surface area contributed by atoms with Crippen molar-refractivity contribution in [1.29, 1.82) is 0 Å². The molecule has 112 valence electrons. The summed E-state index contributed by atoms with van der Waals surface area (Å²) >= 11 is 1.74. The van der Waals surface area contributed by atoms with Crippen molar-refractivity contribution in [1.82, 2.24) is 14.8 Å². The van der Waals surface area contributed by atoms with Crippen molar-refractivity contribution in [2.24, 2.45) is 0 Å². The van der Waals surface area contributed by atoms with Crippen LogP contribution in [0.4, 0.5) is 0 Å². The van der Waals surface area contributed by atoms with Crippen LogP contribution in [-0.2, 0) is 6.54 Å². The Balaban J connectivity index is 1.70. The molecule has 1 aliphatic heterocycles. The fraction of sp³-hybridized carbons (Fsp3) is 0.438. The van der Waals surface area contributed by atoms with Crippen LogP contribution in [0.2, 0.25) is 0 Å². The molecule has 2 heterocycles. The van der Waals surface area contributed by atoms with Crippen LogP contribution >= 0.6 is 11.3 Å². The number of thiazole rings is 1. The molecule has 2 aromatic rings. The average molecular weight is 303 g/mol. The molecule has 0 radical (unpaired) electrons. The number of hydrogen-bond acceptors (Lipinski definition) is 5. The molecule has 0 N–H and O–H groups in total. The molecule has 0 bridgehead atoms. The van der Waals surface area contributed by atoms with Crippen molar-refractivity contribution in [3.8, 4) is 5.75 Å². The van der Waals surface area contributed by atoms with Gasteiger partial charge in [-0.05, 0) is 24.7 Å². The third kappa shape index (κ3) is 3.43. The van der Waals surface area contributed by atoms with E-state index in [0.717, 1.165) is 31.9 Å². The van der Waals surface area contributed by atoms with E-state index >= 15 is 0 Å². The second-order valence-corrected chi connectivity index (χ2v) is 6.41. The molecule has 0 spiro atoms. The van der Waals surface area contributed by atoms with Gasteiger partial charge < -0.3 is 4.74 Å². The van der Waals surface area contributed by atoms with Crippen LogP contribution in [0.15, 0.2) is 35.8 Å². The normalized spacial score (nSPS) is 20.6. The summed E-state index contributed by atoms with van der Waals surface area (Å²) in [5.41, 5.74) is 1.35. The zero-order chi connectivity index (χ0) is 14.7. The molecular formula is C16H21N3OS. The molecular weight excluding hydrogens is 282 g/mol.